The molecule has 0 aromatic heterocycles. The number of nitrogens with zero attached hydrogens (tertiary/aromatic N) is 1. The Bertz CT molecular complexity index is 658. The molecule has 1 heterocycles. The fraction of sp³-hybridized carbons (Fsp3) is 0.526. The van der Waals surface area contributed by atoms with Crippen LogP contribution in [0.2, 0.25) is 0 Å². The number of Topliss-reactive ketones (excluding diaryl/α,β-unsaturated/α-hetero) is 1. The van der Waals surface area contributed by atoms with Gasteiger partial charge in [0.2, 0.25) is 0 Å². The average Bonchev–Trinajstić information content (AvgIpc) is 2.77. The van der Waals surface area contributed by atoms with Gasteiger partial charge in [-0.1, -0.05) is 36.8 Å². The number of ketones is 1. The van der Waals surface area contributed by atoms with E-state index < -0.39 is 11.6 Å². The smallest absolute Gasteiger partial charge is 0.323 e. The molecule has 128 valence electrons. The van der Waals surface area contributed by atoms with Crippen molar-refractivity contribution in [2.24, 2.45) is 5.92 Å². The van der Waals surface area contributed by atoms with E-state index in [4.69, 9.17) is 0 Å². The van der Waals surface area contributed by atoms with Crippen LogP contribution in [0.4, 0.5) is 4.79 Å². The molecule has 1 aromatic carbocycles. The van der Waals surface area contributed by atoms with Gasteiger partial charge in [-0.15, -0.1) is 0 Å². The first-order valence-electron chi connectivity index (χ1n) is 8.61. The lowest BCUT2D eigenvalue weighted by atomic mass is 9.77. The van der Waals surface area contributed by atoms with Crippen molar-refractivity contribution in [1.29, 1.82) is 0 Å². The van der Waals surface area contributed by atoms with Crippen molar-refractivity contribution in [3.05, 3.63) is 35.4 Å². The minimum atomic E-state index is -0.770. The normalized spacial score (nSPS) is 26.8. The standard InChI is InChI=1S/C19H24N2O3/c1-13-3-5-15(6-4-13)11-16(22)12-21-17(23)19(20-18(21)24)9-7-14(2)8-10-19/h3-6,14H,7-12H2,1-2H3,(H,20,24). The van der Waals surface area contributed by atoms with Gasteiger partial charge >= 0.3 is 6.03 Å². The largest absolute Gasteiger partial charge is 0.325 e. The van der Waals surface area contributed by atoms with Crippen LogP contribution in [0.5, 0.6) is 0 Å². The molecule has 24 heavy (non-hydrogen) atoms. The van der Waals surface area contributed by atoms with E-state index in [1.165, 1.54) is 0 Å². The van der Waals surface area contributed by atoms with Gasteiger partial charge in [0.25, 0.3) is 5.91 Å². The fourth-order valence-corrected chi connectivity index (χ4v) is 3.58. The summed E-state index contributed by atoms with van der Waals surface area (Å²) in [6.45, 7) is 4.01. The molecule has 0 unspecified atom stereocenters. The first kappa shape index (κ1) is 16.7. The molecule has 0 radical (unpaired) electrons. The molecule has 3 amide bonds. The molecule has 2 aliphatic rings. The van der Waals surface area contributed by atoms with Gasteiger partial charge in [0.1, 0.15) is 5.54 Å². The first-order valence-corrected chi connectivity index (χ1v) is 8.61. The third kappa shape index (κ3) is 3.21. The summed E-state index contributed by atoms with van der Waals surface area (Å²) < 4.78 is 0. The van der Waals surface area contributed by atoms with Crippen molar-refractivity contribution < 1.29 is 14.4 Å². The number of carbonyl (C=O) groups is 3. The van der Waals surface area contributed by atoms with E-state index in [0.717, 1.165) is 28.9 Å². The predicted octanol–water partition coefficient (Wildman–Crippen LogP) is 2.61. The Balaban J connectivity index is 1.64. The minimum absolute atomic E-state index is 0.122. The van der Waals surface area contributed by atoms with Crippen LogP contribution < -0.4 is 5.32 Å². The number of benzene rings is 1. The molecule has 3 rings (SSSR count). The summed E-state index contributed by atoms with van der Waals surface area (Å²) in [6, 6.07) is 7.29. The van der Waals surface area contributed by atoms with Gasteiger partial charge in [-0.2, -0.15) is 0 Å². The van der Waals surface area contributed by atoms with Crippen LogP contribution in [0.3, 0.4) is 0 Å². The lowest BCUT2D eigenvalue weighted by Crippen LogP contribution is -2.49. The van der Waals surface area contributed by atoms with Crippen molar-refractivity contribution in [2.45, 2.75) is 51.5 Å². The maximum Gasteiger partial charge on any atom is 0.325 e. The number of hydrogen-bond donors (Lipinski definition) is 1. The summed E-state index contributed by atoms with van der Waals surface area (Å²) in [4.78, 5) is 38.3. The third-order valence-electron chi connectivity index (χ3n) is 5.23. The third-order valence-corrected chi connectivity index (χ3v) is 5.23. The summed E-state index contributed by atoms with van der Waals surface area (Å²) in [7, 11) is 0. The molecule has 1 aromatic rings. The molecule has 1 aliphatic heterocycles. The number of nitrogens with one attached hydrogen (secondary N) is 1. The van der Waals surface area contributed by atoms with E-state index in [1.54, 1.807) is 0 Å². The molecule has 1 N–H and O–H groups in total. The molecule has 0 bridgehead atoms. The number of aryl methyl sites for hydroxylation is 1. The number of urea groups is 1. The van der Waals surface area contributed by atoms with Gasteiger partial charge in [-0.25, -0.2) is 4.79 Å². The van der Waals surface area contributed by atoms with E-state index in [9.17, 15) is 14.4 Å². The highest BCUT2D eigenvalue weighted by molar-refractivity contribution is 6.09. The SMILES string of the molecule is Cc1ccc(CC(=O)CN2C(=O)NC3(CCC(C)CC3)C2=O)cc1. The van der Waals surface area contributed by atoms with Crippen LogP contribution in [0.15, 0.2) is 24.3 Å². The molecule has 2 fully saturated rings. The van der Waals surface area contributed by atoms with Crippen LogP contribution in [0, 0.1) is 12.8 Å². The number of imide groups is 1. The zero-order valence-corrected chi connectivity index (χ0v) is 14.3. The minimum Gasteiger partial charge on any atom is -0.323 e. The quantitative estimate of drug-likeness (QED) is 0.864. The molecule has 5 nitrogen and oxygen atoms in total. The van der Waals surface area contributed by atoms with E-state index in [2.05, 4.69) is 12.2 Å². The Morgan fingerprint density at radius 1 is 1.21 bits per heavy atom. The number of amides is 3. The van der Waals surface area contributed by atoms with Gasteiger partial charge in [0.15, 0.2) is 5.78 Å². The topological polar surface area (TPSA) is 66.5 Å². The van der Waals surface area contributed by atoms with E-state index in [-0.39, 0.29) is 24.7 Å². The summed E-state index contributed by atoms with van der Waals surface area (Å²) in [6.07, 6.45) is 3.43. The van der Waals surface area contributed by atoms with Crippen molar-refractivity contribution >= 4 is 17.7 Å². The Kier molecular flexibility index (Phi) is 4.43. The van der Waals surface area contributed by atoms with Gasteiger partial charge in [0.05, 0.1) is 6.54 Å². The number of rotatable bonds is 4. The molecule has 1 spiro atoms. The molecular formula is C19H24N2O3. The zero-order chi connectivity index (χ0) is 17.3. The molecule has 1 aliphatic carbocycles. The average molecular weight is 328 g/mol. The summed E-state index contributed by atoms with van der Waals surface area (Å²) in [5.74, 6) is 0.234. The number of hydrogen-bond acceptors (Lipinski definition) is 3. The first-order chi connectivity index (χ1) is 11.4. The van der Waals surface area contributed by atoms with Crippen molar-refractivity contribution in [1.82, 2.24) is 10.2 Å². The fourth-order valence-electron chi connectivity index (χ4n) is 3.58. The van der Waals surface area contributed by atoms with Crippen LogP contribution in [0.25, 0.3) is 0 Å². The Labute approximate surface area is 142 Å². The van der Waals surface area contributed by atoms with Crippen LogP contribution in [0.1, 0.15) is 43.7 Å². The summed E-state index contributed by atoms with van der Waals surface area (Å²) in [5, 5.41) is 2.85. The van der Waals surface area contributed by atoms with E-state index in [1.807, 2.05) is 31.2 Å². The lowest BCUT2D eigenvalue weighted by Gasteiger charge is -2.33. The molecule has 5 heteroatoms. The van der Waals surface area contributed by atoms with Gasteiger partial charge < -0.3 is 5.32 Å². The second-order valence-electron chi connectivity index (χ2n) is 7.29. The number of carbonyl (C=O) groups excluding carboxylic acids is 3. The molecule has 0 atom stereocenters. The second kappa shape index (κ2) is 6.38. The molecule has 1 saturated heterocycles. The van der Waals surface area contributed by atoms with Crippen LogP contribution in [-0.4, -0.2) is 34.7 Å². The monoisotopic (exact) mass is 328 g/mol. The highest BCUT2D eigenvalue weighted by atomic mass is 16.2. The van der Waals surface area contributed by atoms with E-state index >= 15 is 0 Å². The van der Waals surface area contributed by atoms with Gasteiger partial charge in [-0.05, 0) is 44.1 Å². The Hall–Kier alpha value is -2.17. The Morgan fingerprint density at radius 2 is 1.83 bits per heavy atom. The zero-order valence-electron chi connectivity index (χ0n) is 14.3. The summed E-state index contributed by atoms with van der Waals surface area (Å²) >= 11 is 0. The van der Waals surface area contributed by atoms with Crippen molar-refractivity contribution in [3.8, 4) is 0 Å². The second-order valence-corrected chi connectivity index (χ2v) is 7.29. The maximum atomic E-state index is 12.7. The highest BCUT2D eigenvalue weighted by Gasteiger charge is 2.52. The van der Waals surface area contributed by atoms with Crippen LogP contribution >= 0.6 is 0 Å². The predicted molar refractivity (Wildman–Crippen MR) is 90.5 cm³/mol. The lowest BCUT2D eigenvalue weighted by molar-refractivity contribution is -0.135. The van der Waals surface area contributed by atoms with E-state index in [0.29, 0.717) is 18.8 Å². The molecular weight excluding hydrogens is 304 g/mol. The van der Waals surface area contributed by atoms with Crippen molar-refractivity contribution in [3.63, 3.8) is 0 Å². The molecule has 1 saturated carbocycles. The van der Waals surface area contributed by atoms with Gasteiger partial charge in [0, 0.05) is 6.42 Å². The summed E-state index contributed by atoms with van der Waals surface area (Å²) in [5.41, 5.74) is 1.26. The van der Waals surface area contributed by atoms with Gasteiger partial charge in [-0.3, -0.25) is 14.5 Å². The Morgan fingerprint density at radius 3 is 2.46 bits per heavy atom. The maximum absolute atomic E-state index is 12.7. The van der Waals surface area contributed by atoms with Crippen molar-refractivity contribution in [2.75, 3.05) is 6.54 Å². The van der Waals surface area contributed by atoms with Crippen LogP contribution in [-0.2, 0) is 16.0 Å². The highest BCUT2D eigenvalue weighted by Crippen LogP contribution is 2.36.